The number of H-pyrrole nitrogens is 1. The maximum atomic E-state index is 13.7. The number of benzene rings is 1. The standard InChI is InChI=1S/C13H14ClFN4O/c1-13(2,3)12-17-10(18-19-12)11(20)16-8-6-4-5-7(14)9(8)15/h4-6H,1-3H3,(H,16,20)(H,17,18,19). The topological polar surface area (TPSA) is 70.7 Å². The third kappa shape index (κ3) is 2.96. The monoisotopic (exact) mass is 296 g/mol. The lowest BCUT2D eigenvalue weighted by Crippen LogP contribution is -2.16. The van der Waals surface area contributed by atoms with Crippen LogP contribution in [0.4, 0.5) is 10.1 Å². The number of hydrogen-bond donors (Lipinski definition) is 2. The molecule has 20 heavy (non-hydrogen) atoms. The fourth-order valence-electron chi connectivity index (χ4n) is 1.48. The van der Waals surface area contributed by atoms with E-state index in [1.165, 1.54) is 12.1 Å². The predicted molar refractivity (Wildman–Crippen MR) is 74.4 cm³/mol. The van der Waals surface area contributed by atoms with Crippen LogP contribution in [0.2, 0.25) is 5.02 Å². The lowest BCUT2D eigenvalue weighted by Gasteiger charge is -2.12. The zero-order valence-electron chi connectivity index (χ0n) is 11.3. The number of aromatic amines is 1. The Morgan fingerprint density at radius 2 is 2.10 bits per heavy atom. The molecular formula is C13H14ClFN4O. The summed E-state index contributed by atoms with van der Waals surface area (Å²) in [7, 11) is 0. The number of carbonyl (C=O) groups is 1. The van der Waals surface area contributed by atoms with Crippen LogP contribution in [0.3, 0.4) is 0 Å². The number of hydrogen-bond acceptors (Lipinski definition) is 3. The van der Waals surface area contributed by atoms with Gasteiger partial charge in [-0.3, -0.25) is 9.89 Å². The molecule has 0 aliphatic rings. The number of aromatic nitrogens is 3. The highest BCUT2D eigenvalue weighted by molar-refractivity contribution is 6.31. The third-order valence-corrected chi connectivity index (χ3v) is 2.89. The van der Waals surface area contributed by atoms with Crippen LogP contribution in [0.15, 0.2) is 18.2 Å². The number of nitrogens with zero attached hydrogens (tertiary/aromatic N) is 2. The zero-order valence-corrected chi connectivity index (χ0v) is 12.0. The van der Waals surface area contributed by atoms with Gasteiger partial charge < -0.3 is 5.32 Å². The van der Waals surface area contributed by atoms with Crippen molar-refractivity contribution in [1.29, 1.82) is 0 Å². The van der Waals surface area contributed by atoms with E-state index in [2.05, 4.69) is 20.5 Å². The summed E-state index contributed by atoms with van der Waals surface area (Å²) < 4.78 is 13.7. The SMILES string of the molecule is CC(C)(C)c1nc(C(=O)Nc2cccc(Cl)c2F)n[nH]1. The van der Waals surface area contributed by atoms with Crippen molar-refractivity contribution in [1.82, 2.24) is 15.2 Å². The summed E-state index contributed by atoms with van der Waals surface area (Å²) in [6.07, 6.45) is 0. The van der Waals surface area contributed by atoms with Crippen LogP contribution in [0, 0.1) is 5.82 Å². The van der Waals surface area contributed by atoms with E-state index in [4.69, 9.17) is 11.6 Å². The molecule has 0 fully saturated rings. The molecule has 0 aliphatic heterocycles. The van der Waals surface area contributed by atoms with Gasteiger partial charge in [0.15, 0.2) is 5.82 Å². The van der Waals surface area contributed by atoms with Gasteiger partial charge in [0.1, 0.15) is 5.82 Å². The van der Waals surface area contributed by atoms with Crippen molar-refractivity contribution < 1.29 is 9.18 Å². The van der Waals surface area contributed by atoms with Gasteiger partial charge in [-0.15, -0.1) is 5.10 Å². The Kier molecular flexibility index (Phi) is 3.76. The lowest BCUT2D eigenvalue weighted by molar-refractivity contribution is 0.101. The van der Waals surface area contributed by atoms with Crippen molar-refractivity contribution in [3.8, 4) is 0 Å². The Hall–Kier alpha value is -1.95. The molecule has 0 saturated heterocycles. The molecular weight excluding hydrogens is 283 g/mol. The first-order valence-electron chi connectivity index (χ1n) is 5.97. The van der Waals surface area contributed by atoms with Gasteiger partial charge >= 0.3 is 0 Å². The Balaban J connectivity index is 2.20. The maximum Gasteiger partial charge on any atom is 0.295 e. The number of halogens is 2. The summed E-state index contributed by atoms with van der Waals surface area (Å²) in [5, 5.41) is 8.85. The minimum atomic E-state index is -0.686. The molecule has 7 heteroatoms. The fraction of sp³-hybridized carbons (Fsp3) is 0.308. The van der Waals surface area contributed by atoms with Crippen LogP contribution in [-0.2, 0) is 5.41 Å². The van der Waals surface area contributed by atoms with Crippen molar-refractivity contribution in [3.63, 3.8) is 0 Å². The van der Waals surface area contributed by atoms with Gasteiger partial charge in [-0.2, -0.15) is 0 Å². The van der Waals surface area contributed by atoms with Crippen LogP contribution < -0.4 is 5.32 Å². The molecule has 0 radical (unpaired) electrons. The lowest BCUT2D eigenvalue weighted by atomic mass is 9.96. The minimum Gasteiger partial charge on any atom is -0.317 e. The minimum absolute atomic E-state index is 0.00962. The van der Waals surface area contributed by atoms with Gasteiger partial charge in [0.25, 0.3) is 5.91 Å². The second kappa shape index (κ2) is 5.20. The molecule has 0 unspecified atom stereocenters. The smallest absolute Gasteiger partial charge is 0.295 e. The molecule has 2 N–H and O–H groups in total. The Morgan fingerprint density at radius 3 is 2.70 bits per heavy atom. The third-order valence-electron chi connectivity index (χ3n) is 2.60. The fourth-order valence-corrected chi connectivity index (χ4v) is 1.65. The van der Waals surface area contributed by atoms with E-state index < -0.39 is 11.7 Å². The van der Waals surface area contributed by atoms with Gasteiger partial charge in [-0.25, -0.2) is 9.37 Å². The van der Waals surface area contributed by atoms with Gasteiger partial charge in [0.05, 0.1) is 10.7 Å². The van der Waals surface area contributed by atoms with E-state index in [9.17, 15) is 9.18 Å². The molecule has 1 amide bonds. The molecule has 0 spiro atoms. The number of anilines is 1. The predicted octanol–water partition coefficient (Wildman–Crippen LogP) is 3.15. The zero-order chi connectivity index (χ0) is 14.9. The van der Waals surface area contributed by atoms with Crippen LogP contribution in [-0.4, -0.2) is 21.1 Å². The van der Waals surface area contributed by atoms with Gasteiger partial charge in [-0.05, 0) is 12.1 Å². The number of rotatable bonds is 2. The van der Waals surface area contributed by atoms with E-state index >= 15 is 0 Å². The van der Waals surface area contributed by atoms with Crippen LogP contribution in [0.1, 0.15) is 37.2 Å². The molecule has 0 saturated carbocycles. The average molecular weight is 297 g/mol. The summed E-state index contributed by atoms with van der Waals surface area (Å²) in [6, 6.07) is 4.35. The summed E-state index contributed by atoms with van der Waals surface area (Å²) in [5.74, 6) is -0.754. The first-order valence-corrected chi connectivity index (χ1v) is 6.35. The second-order valence-corrected chi connectivity index (χ2v) is 5.72. The molecule has 1 aromatic heterocycles. The van der Waals surface area contributed by atoms with Gasteiger partial charge in [-0.1, -0.05) is 38.4 Å². The quantitative estimate of drug-likeness (QED) is 0.894. The highest BCUT2D eigenvalue weighted by Gasteiger charge is 2.22. The summed E-state index contributed by atoms with van der Waals surface area (Å²) in [6.45, 7) is 5.81. The Labute approximate surface area is 120 Å². The van der Waals surface area contributed by atoms with Crippen LogP contribution in [0.25, 0.3) is 0 Å². The van der Waals surface area contributed by atoms with Crippen molar-refractivity contribution in [2.24, 2.45) is 0 Å². The molecule has 2 rings (SSSR count). The average Bonchev–Trinajstić information content (AvgIpc) is 2.84. The molecule has 0 atom stereocenters. The summed E-state index contributed by atoms with van der Waals surface area (Å²) >= 11 is 5.64. The normalized spacial score (nSPS) is 11.4. The van der Waals surface area contributed by atoms with E-state index in [-0.39, 0.29) is 21.9 Å². The largest absolute Gasteiger partial charge is 0.317 e. The maximum absolute atomic E-state index is 13.7. The van der Waals surface area contributed by atoms with Crippen molar-refractivity contribution in [3.05, 3.63) is 40.7 Å². The number of nitrogens with one attached hydrogen (secondary N) is 2. The number of amides is 1. The van der Waals surface area contributed by atoms with Crippen molar-refractivity contribution in [2.75, 3.05) is 5.32 Å². The first kappa shape index (κ1) is 14.5. The van der Waals surface area contributed by atoms with Crippen LogP contribution >= 0.6 is 11.6 Å². The van der Waals surface area contributed by atoms with E-state index in [0.29, 0.717) is 5.82 Å². The van der Waals surface area contributed by atoms with Crippen LogP contribution in [0.5, 0.6) is 0 Å². The molecule has 106 valence electrons. The molecule has 1 heterocycles. The van der Waals surface area contributed by atoms with Crippen molar-refractivity contribution >= 4 is 23.2 Å². The van der Waals surface area contributed by atoms with E-state index in [0.717, 1.165) is 0 Å². The molecule has 1 aromatic carbocycles. The van der Waals surface area contributed by atoms with Crippen molar-refractivity contribution in [2.45, 2.75) is 26.2 Å². The van der Waals surface area contributed by atoms with Gasteiger partial charge in [0, 0.05) is 5.41 Å². The summed E-state index contributed by atoms with van der Waals surface area (Å²) in [4.78, 5) is 16.0. The highest BCUT2D eigenvalue weighted by Crippen LogP contribution is 2.22. The molecule has 0 bridgehead atoms. The number of carbonyl (C=O) groups excluding carboxylic acids is 1. The molecule has 5 nitrogen and oxygen atoms in total. The molecule has 0 aliphatic carbocycles. The summed E-state index contributed by atoms with van der Waals surface area (Å²) in [5.41, 5.74) is -0.267. The van der Waals surface area contributed by atoms with Gasteiger partial charge in [0.2, 0.25) is 5.82 Å². The Morgan fingerprint density at radius 1 is 1.40 bits per heavy atom. The highest BCUT2D eigenvalue weighted by atomic mass is 35.5. The first-order chi connectivity index (χ1) is 9.29. The molecule has 2 aromatic rings. The Bertz CT molecular complexity index is 648. The second-order valence-electron chi connectivity index (χ2n) is 5.31. The van der Waals surface area contributed by atoms with E-state index in [1.807, 2.05) is 20.8 Å². The van der Waals surface area contributed by atoms with E-state index in [1.54, 1.807) is 6.07 Å².